The molecule has 1 unspecified atom stereocenters. The van der Waals surface area contributed by atoms with Crippen molar-refractivity contribution in [2.45, 2.75) is 77.3 Å². The molecule has 2 aromatic rings. The van der Waals surface area contributed by atoms with Crippen molar-refractivity contribution in [1.82, 2.24) is 30.4 Å². The van der Waals surface area contributed by atoms with Crippen LogP contribution in [0.5, 0.6) is 0 Å². The first-order chi connectivity index (χ1) is 17.2. The Kier molecular flexibility index (Phi) is 9.55. The van der Waals surface area contributed by atoms with Crippen LogP contribution in [0.1, 0.15) is 76.2 Å². The number of nitrogens with zero attached hydrogens (tertiary/aromatic N) is 4. The first-order valence-corrected chi connectivity index (χ1v) is 12.6. The molecular formula is C26H38F2N8. The van der Waals surface area contributed by atoms with Gasteiger partial charge in [-0.05, 0) is 57.9 Å². The molecule has 36 heavy (non-hydrogen) atoms. The Morgan fingerprint density at radius 2 is 2.14 bits per heavy atom. The molecule has 10 heteroatoms. The Labute approximate surface area is 211 Å². The second-order valence-electron chi connectivity index (χ2n) is 9.42. The molecular weight excluding hydrogens is 462 g/mol. The van der Waals surface area contributed by atoms with Crippen molar-refractivity contribution in [2.75, 3.05) is 6.54 Å². The maximum Gasteiger partial charge on any atom is 0.248 e. The average Bonchev–Trinajstić information content (AvgIpc) is 3.52. The van der Waals surface area contributed by atoms with Gasteiger partial charge >= 0.3 is 0 Å². The predicted molar refractivity (Wildman–Crippen MR) is 141 cm³/mol. The maximum absolute atomic E-state index is 13.7. The summed E-state index contributed by atoms with van der Waals surface area (Å²) in [5, 5.41) is 18.3. The molecule has 1 atom stereocenters. The Balaban J connectivity index is 0.000000444. The van der Waals surface area contributed by atoms with Gasteiger partial charge in [0.05, 0.1) is 35.5 Å². The van der Waals surface area contributed by atoms with Gasteiger partial charge in [0.2, 0.25) is 11.9 Å². The van der Waals surface area contributed by atoms with Gasteiger partial charge < -0.3 is 21.0 Å². The van der Waals surface area contributed by atoms with E-state index in [2.05, 4.69) is 43.9 Å². The van der Waals surface area contributed by atoms with Crippen molar-refractivity contribution >= 4 is 23.6 Å². The number of hydrogen-bond donors (Lipinski definition) is 4. The summed E-state index contributed by atoms with van der Waals surface area (Å²) in [6.07, 6.45) is 9.17. The second kappa shape index (κ2) is 12.6. The van der Waals surface area contributed by atoms with E-state index in [9.17, 15) is 8.78 Å². The summed E-state index contributed by atoms with van der Waals surface area (Å²) in [4.78, 5) is 11.5. The number of aliphatic imine (C=N–C) groups is 1. The molecule has 4 rings (SSSR count). The fraction of sp³-hybridized carbons (Fsp3) is 0.538. The number of rotatable bonds is 8. The van der Waals surface area contributed by atoms with E-state index in [1.807, 2.05) is 17.7 Å². The highest BCUT2D eigenvalue weighted by Gasteiger charge is 2.38. The number of aromatic nitrogens is 4. The molecule has 0 amide bonds. The molecule has 0 aromatic carbocycles. The number of hydrogen-bond acceptors (Lipinski definition) is 6. The van der Waals surface area contributed by atoms with Crippen LogP contribution in [0, 0.1) is 11.3 Å². The van der Waals surface area contributed by atoms with Crippen molar-refractivity contribution in [1.29, 1.82) is 5.41 Å². The van der Waals surface area contributed by atoms with Gasteiger partial charge in [0, 0.05) is 43.5 Å². The quantitative estimate of drug-likeness (QED) is 0.345. The van der Waals surface area contributed by atoms with E-state index in [-0.39, 0.29) is 24.8 Å². The first-order valence-electron chi connectivity index (χ1n) is 12.6. The molecule has 1 aliphatic heterocycles. The van der Waals surface area contributed by atoms with Crippen LogP contribution in [0.2, 0.25) is 0 Å². The first kappa shape index (κ1) is 27.3. The van der Waals surface area contributed by atoms with Crippen LogP contribution in [-0.2, 0) is 6.54 Å². The Hall–Kier alpha value is -3.30. The monoisotopic (exact) mass is 500 g/mol. The zero-order chi connectivity index (χ0) is 26.1. The lowest BCUT2D eigenvalue weighted by molar-refractivity contribution is -0.0493. The number of allylic oxidation sites excluding steroid dienone is 1. The Bertz CT molecular complexity index is 1050. The van der Waals surface area contributed by atoms with Gasteiger partial charge in [0.1, 0.15) is 0 Å². The van der Waals surface area contributed by atoms with Crippen LogP contribution < -0.4 is 10.6 Å². The van der Waals surface area contributed by atoms with Gasteiger partial charge in [-0.1, -0.05) is 13.2 Å². The normalized spacial score (nSPS) is 18.7. The minimum atomic E-state index is -2.59. The topological polar surface area (TPSA) is 107 Å². The average molecular weight is 501 g/mol. The lowest BCUT2D eigenvalue weighted by Gasteiger charge is -2.34. The standard InChI is InChI=1S/C20H27F2N7.C6H11N/c1-4-29-17(7-10-26-29)14(3)27-18(15-5-8-20(21,22)9-6-15)16-12-25-19(28-16)24-11-13(2)23;1-6-4-2-3-5-7-6/h7,10-12,15,18,23,27H,3-6,8-9H2,1-2H3,(H,25,28);7H,1-5H2/b23-13?,24-11-;. The number of halogens is 2. The van der Waals surface area contributed by atoms with E-state index in [4.69, 9.17) is 5.41 Å². The third kappa shape index (κ3) is 7.86. The summed E-state index contributed by atoms with van der Waals surface area (Å²) in [6, 6.07) is 1.62. The van der Waals surface area contributed by atoms with Gasteiger partial charge in [0.15, 0.2) is 0 Å². The molecule has 2 fully saturated rings. The fourth-order valence-electron chi connectivity index (χ4n) is 4.47. The third-order valence-electron chi connectivity index (χ3n) is 6.47. The van der Waals surface area contributed by atoms with E-state index in [0.717, 1.165) is 17.9 Å². The van der Waals surface area contributed by atoms with Crippen molar-refractivity contribution < 1.29 is 8.78 Å². The lowest BCUT2D eigenvalue weighted by Crippen LogP contribution is -2.34. The molecule has 1 saturated heterocycles. The highest BCUT2D eigenvalue weighted by Crippen LogP contribution is 2.41. The number of aryl methyl sites for hydroxylation is 1. The molecule has 4 N–H and O–H groups in total. The molecule has 1 saturated carbocycles. The van der Waals surface area contributed by atoms with Crippen LogP contribution in [0.15, 0.2) is 42.3 Å². The summed E-state index contributed by atoms with van der Waals surface area (Å²) in [7, 11) is 0. The molecule has 8 nitrogen and oxygen atoms in total. The Morgan fingerprint density at radius 3 is 2.72 bits per heavy atom. The molecule has 1 aliphatic carbocycles. The van der Waals surface area contributed by atoms with Gasteiger partial charge in [-0.25, -0.2) is 18.8 Å². The van der Waals surface area contributed by atoms with Gasteiger partial charge in [-0.2, -0.15) is 5.10 Å². The van der Waals surface area contributed by atoms with Crippen LogP contribution >= 0.6 is 0 Å². The van der Waals surface area contributed by atoms with Crippen LogP contribution in [0.4, 0.5) is 14.7 Å². The second-order valence-corrected chi connectivity index (χ2v) is 9.42. The summed E-state index contributed by atoms with van der Waals surface area (Å²) in [5.41, 5.74) is 3.83. The van der Waals surface area contributed by atoms with Crippen molar-refractivity contribution in [3.05, 3.63) is 48.7 Å². The molecule has 2 aromatic heterocycles. The van der Waals surface area contributed by atoms with Gasteiger partial charge in [-0.3, -0.25) is 4.68 Å². The largest absolute Gasteiger partial charge is 0.389 e. The SMILES string of the molecule is C=C(NC(c1cnc(/N=C\C(C)=N)[nH]1)C1CCC(F)(F)CC1)c1ccnn1CC.C=C1CCCCN1. The predicted octanol–water partition coefficient (Wildman–Crippen LogP) is 5.77. The van der Waals surface area contributed by atoms with Crippen molar-refractivity contribution in [3.63, 3.8) is 0 Å². The highest BCUT2D eigenvalue weighted by atomic mass is 19.3. The molecule has 3 heterocycles. The molecule has 0 radical (unpaired) electrons. The van der Waals surface area contributed by atoms with Crippen molar-refractivity contribution in [3.8, 4) is 0 Å². The highest BCUT2D eigenvalue weighted by molar-refractivity contribution is 6.28. The zero-order valence-corrected chi connectivity index (χ0v) is 21.3. The van der Waals surface area contributed by atoms with Crippen LogP contribution in [-0.4, -0.2) is 44.1 Å². The van der Waals surface area contributed by atoms with Crippen LogP contribution in [0.25, 0.3) is 5.70 Å². The molecule has 2 aliphatic rings. The number of nitrogens with one attached hydrogen (secondary N) is 4. The minimum absolute atomic E-state index is 0.00567. The molecule has 0 spiro atoms. The fourth-order valence-corrected chi connectivity index (χ4v) is 4.47. The third-order valence-corrected chi connectivity index (χ3v) is 6.47. The number of aromatic amines is 1. The van der Waals surface area contributed by atoms with E-state index in [1.54, 1.807) is 19.3 Å². The van der Waals surface area contributed by atoms with Gasteiger partial charge in [0.25, 0.3) is 0 Å². The van der Waals surface area contributed by atoms with E-state index >= 15 is 0 Å². The summed E-state index contributed by atoms with van der Waals surface area (Å²) >= 11 is 0. The summed E-state index contributed by atoms with van der Waals surface area (Å²) < 4.78 is 29.2. The number of imidazole rings is 1. The van der Waals surface area contributed by atoms with Crippen molar-refractivity contribution in [2.24, 2.45) is 10.9 Å². The minimum Gasteiger partial charge on any atom is -0.389 e. The maximum atomic E-state index is 13.7. The van der Waals surface area contributed by atoms with E-state index in [0.29, 0.717) is 36.7 Å². The van der Waals surface area contributed by atoms with E-state index in [1.165, 1.54) is 31.2 Å². The number of alkyl halides is 2. The molecule has 0 bridgehead atoms. The number of H-pyrrole nitrogens is 1. The lowest BCUT2D eigenvalue weighted by atomic mass is 9.81. The Morgan fingerprint density at radius 1 is 1.39 bits per heavy atom. The van der Waals surface area contributed by atoms with E-state index < -0.39 is 5.92 Å². The summed E-state index contributed by atoms with van der Waals surface area (Å²) in [6.45, 7) is 13.4. The summed E-state index contributed by atoms with van der Waals surface area (Å²) in [5.74, 6) is -2.21. The number of piperidine rings is 1. The molecule has 196 valence electrons. The smallest absolute Gasteiger partial charge is 0.248 e. The zero-order valence-electron chi connectivity index (χ0n) is 21.3. The van der Waals surface area contributed by atoms with Gasteiger partial charge in [-0.15, -0.1) is 0 Å². The van der Waals surface area contributed by atoms with Crippen LogP contribution in [0.3, 0.4) is 0 Å².